The molecule has 0 saturated carbocycles. The number of hydrogen-bond acceptors (Lipinski definition) is 20. The van der Waals surface area contributed by atoms with E-state index in [9.17, 15) is 0 Å². The molecule has 0 spiro atoms. The number of nitrogens with zero attached hydrogens (tertiary/aromatic N) is 2. The Balaban J connectivity index is 0.732. The van der Waals surface area contributed by atoms with E-state index in [-0.39, 0.29) is 78.5 Å². The molecule has 0 aromatic heterocycles. The molecule has 0 bridgehead atoms. The van der Waals surface area contributed by atoms with Crippen LogP contribution in [0, 0.1) is 17.5 Å². The van der Waals surface area contributed by atoms with E-state index >= 15 is 13.2 Å². The first kappa shape index (κ1) is 64.0. The van der Waals surface area contributed by atoms with Gasteiger partial charge in [-0.3, -0.25) is 47.4 Å². The monoisotopic (exact) mass is 1240 g/mol. The molecule has 3 aromatic rings. The van der Waals surface area contributed by atoms with Gasteiger partial charge in [-0.1, -0.05) is 18.2 Å². The molecule has 0 amide bonds. The smallest absolute Gasteiger partial charge is 0.157 e. The second kappa shape index (κ2) is 28.4. The highest BCUT2D eigenvalue weighted by molar-refractivity contribution is 5.80. The van der Waals surface area contributed by atoms with Crippen molar-refractivity contribution in [1.82, 2.24) is 63.0 Å². The molecule has 9 aliphatic rings. The van der Waals surface area contributed by atoms with Gasteiger partial charge in [0.25, 0.3) is 0 Å². The minimum Gasteiger partial charge on any atom is -0.492 e. The molecule has 13 N–H and O–H groups in total. The van der Waals surface area contributed by atoms with Crippen LogP contribution < -0.4 is 83.3 Å². The van der Waals surface area contributed by atoms with Crippen LogP contribution in [0.1, 0.15) is 113 Å². The molecule has 9 aliphatic heterocycles. The van der Waals surface area contributed by atoms with Crippen LogP contribution >= 0.6 is 0 Å². The lowest BCUT2D eigenvalue weighted by atomic mass is 9.95. The van der Waals surface area contributed by atoms with Crippen molar-refractivity contribution in [1.29, 1.82) is 0 Å². The van der Waals surface area contributed by atoms with Crippen LogP contribution in [0.5, 0.6) is 17.2 Å². The van der Waals surface area contributed by atoms with Crippen LogP contribution in [-0.2, 0) is 28.7 Å². The first-order valence-corrected chi connectivity index (χ1v) is 32.9. The lowest BCUT2D eigenvalue weighted by molar-refractivity contribution is -0.00194. The summed E-state index contributed by atoms with van der Waals surface area (Å²) >= 11 is 0. The summed E-state index contributed by atoms with van der Waals surface area (Å²) in [5.41, 5.74) is 8.61. The summed E-state index contributed by atoms with van der Waals surface area (Å²) < 4.78 is 83.4. The number of methoxy groups -OCH3 is 2. The van der Waals surface area contributed by atoms with E-state index in [2.05, 4.69) is 139 Å². The minimum absolute atomic E-state index is 0.0126. The van der Waals surface area contributed by atoms with Crippen LogP contribution in [-0.4, -0.2) is 183 Å². The van der Waals surface area contributed by atoms with Crippen LogP contribution in [0.4, 0.5) is 30.2 Å². The molecule has 0 radical (unpaired) electrons. The van der Waals surface area contributed by atoms with E-state index in [1.807, 2.05) is 25.2 Å². The fourth-order valence-corrected chi connectivity index (χ4v) is 14.9. The van der Waals surface area contributed by atoms with Crippen molar-refractivity contribution >= 4 is 33.8 Å². The van der Waals surface area contributed by atoms with Gasteiger partial charge < -0.3 is 55.2 Å². The van der Waals surface area contributed by atoms with Gasteiger partial charge in [0.1, 0.15) is 60.5 Å². The van der Waals surface area contributed by atoms with Crippen LogP contribution in [0.3, 0.4) is 0 Å². The quantitative estimate of drug-likeness (QED) is 0.0722. The van der Waals surface area contributed by atoms with Crippen molar-refractivity contribution in [2.24, 2.45) is 0 Å². The normalized spacial score (nSPS) is 31.0. The maximum Gasteiger partial charge on any atom is 0.157 e. The molecule has 0 aliphatic carbocycles. The lowest BCUT2D eigenvalue weighted by Crippen LogP contribution is -2.72. The van der Waals surface area contributed by atoms with Crippen molar-refractivity contribution in [2.45, 2.75) is 185 Å². The maximum absolute atomic E-state index is 17.8. The number of fused-ring (bicyclic) bond motifs is 3. The van der Waals surface area contributed by atoms with Crippen molar-refractivity contribution in [3.63, 3.8) is 0 Å². The standard InChI is InChI=1S/C66H98F3N15O5/c1-35(2)84-23-12-15-41(18-25-84)53-56(69)48(31-44-29-46(89-61(44)53)34-73-63-58(86-9)38(5)76-66(82-63)78-47-30-42-19-26-87-59(42)51(54(47)67)40-14-11-22-83(7)24-17-40)77-64-74-36(3)27-50(80-64)72-33-45-28-43-32-49(79-65-75-37(4)57(85-8)62(70-6)81-65)55(68)52(60(43)88-45)39-13-10-20-71-21-16-39/h16-18,30-32,35-38,45-46,50,57-58,62-66,70-82H,10-15,19-29,33-34H2,1-9H3. The topological polar surface area (TPSA) is 209 Å². The minimum atomic E-state index is -0.506. The predicted molar refractivity (Wildman–Crippen MR) is 345 cm³/mol. The second-order valence-corrected chi connectivity index (χ2v) is 26.3. The first-order valence-electron chi connectivity index (χ1n) is 32.9. The van der Waals surface area contributed by atoms with E-state index in [1.165, 1.54) is 0 Å². The van der Waals surface area contributed by atoms with E-state index < -0.39 is 18.9 Å². The molecule has 3 fully saturated rings. The van der Waals surface area contributed by atoms with E-state index in [1.54, 1.807) is 14.2 Å². The van der Waals surface area contributed by atoms with Gasteiger partial charge in [-0.2, -0.15) is 0 Å². The molecule has 23 heteroatoms. The Morgan fingerprint density at radius 2 is 1.16 bits per heavy atom. The number of benzene rings is 3. The Morgan fingerprint density at radius 1 is 0.618 bits per heavy atom. The highest BCUT2D eigenvalue weighted by atomic mass is 19.1. The van der Waals surface area contributed by atoms with Gasteiger partial charge in [0.05, 0.1) is 58.9 Å². The summed E-state index contributed by atoms with van der Waals surface area (Å²) in [5, 5.41) is 46.2. The molecule has 13 atom stereocenters. The molecule has 3 saturated heterocycles. The van der Waals surface area contributed by atoms with Gasteiger partial charge in [-0.25, -0.2) is 13.2 Å². The molecule has 89 heavy (non-hydrogen) atoms. The van der Waals surface area contributed by atoms with Gasteiger partial charge in [-0.05, 0) is 148 Å². The van der Waals surface area contributed by atoms with Crippen molar-refractivity contribution in [2.75, 3.05) is 103 Å². The largest absolute Gasteiger partial charge is 0.492 e. The van der Waals surface area contributed by atoms with Crippen molar-refractivity contribution in [3.8, 4) is 17.2 Å². The zero-order valence-corrected chi connectivity index (χ0v) is 53.6. The van der Waals surface area contributed by atoms with E-state index in [0.717, 1.165) is 118 Å². The average Bonchev–Trinajstić information content (AvgIpc) is 2.26. The zero-order valence-electron chi connectivity index (χ0n) is 53.6. The third-order valence-electron chi connectivity index (χ3n) is 19.6. The Labute approximate surface area is 524 Å². The summed E-state index contributed by atoms with van der Waals surface area (Å²) in [6, 6.07) is 6.01. The third kappa shape index (κ3) is 14.1. The maximum atomic E-state index is 17.8. The molecular weight excluding hydrogens is 1140 g/mol. The van der Waals surface area contributed by atoms with Crippen LogP contribution in [0.2, 0.25) is 0 Å². The molecular formula is C66H98F3N15O5. The van der Waals surface area contributed by atoms with Gasteiger partial charge in [0.2, 0.25) is 0 Å². The molecule has 9 heterocycles. The summed E-state index contributed by atoms with van der Waals surface area (Å²) in [7, 11) is 7.38. The SMILES string of the molecule is CNC1NC(Nc2cc3c(c(C4=CCNCCC4)c2F)OC(CNC2CC(C)NC(Nc4cc5c(c(C6=CCN(C(C)C)CCC6)c4F)OC(CNC4NC(Nc6cc7c(c(C8=CCN(C)CCC8)c6F)OCC7)NC(C)C4OC)C5)N2)C3)NC(C)C1OC. The highest BCUT2D eigenvalue weighted by Gasteiger charge is 2.41. The highest BCUT2D eigenvalue weighted by Crippen LogP contribution is 2.46. The van der Waals surface area contributed by atoms with Gasteiger partial charge in [-0.15, -0.1) is 0 Å². The summed E-state index contributed by atoms with van der Waals surface area (Å²) in [6.07, 6.45) is 11.0. The van der Waals surface area contributed by atoms with Gasteiger partial charge in [0, 0.05) is 107 Å². The Hall–Kier alpha value is -5.09. The molecule has 488 valence electrons. The van der Waals surface area contributed by atoms with E-state index in [4.69, 9.17) is 23.7 Å². The predicted octanol–water partition coefficient (Wildman–Crippen LogP) is 5.44. The Kier molecular flexibility index (Phi) is 20.4. The molecule has 3 aromatic carbocycles. The van der Waals surface area contributed by atoms with Crippen molar-refractivity contribution in [3.05, 3.63) is 87.3 Å². The number of halogens is 3. The molecule has 13 unspecified atom stereocenters. The number of allylic oxidation sites excluding steroid dienone is 3. The molecule has 20 nitrogen and oxygen atoms in total. The Morgan fingerprint density at radius 3 is 1.78 bits per heavy atom. The van der Waals surface area contributed by atoms with Gasteiger partial charge >= 0.3 is 0 Å². The van der Waals surface area contributed by atoms with Crippen molar-refractivity contribution < 1.29 is 36.9 Å². The van der Waals surface area contributed by atoms with Crippen LogP contribution in [0.25, 0.3) is 16.7 Å². The third-order valence-corrected chi connectivity index (χ3v) is 19.6. The Bertz CT molecular complexity index is 3100. The van der Waals surface area contributed by atoms with Crippen LogP contribution in [0.15, 0.2) is 36.4 Å². The zero-order chi connectivity index (χ0) is 62.0. The fraction of sp³-hybridized carbons (Fsp3) is 0.636. The first-order chi connectivity index (χ1) is 43.1. The fourth-order valence-electron chi connectivity index (χ4n) is 14.9. The number of rotatable bonds is 19. The molecule has 12 rings (SSSR count). The number of hydrogen-bond donors (Lipinski definition) is 13. The number of anilines is 3. The summed E-state index contributed by atoms with van der Waals surface area (Å²) in [6.45, 7) is 17.0. The number of likely N-dealkylation sites (N-methyl/N-ethyl adjacent to an activating group) is 2. The second-order valence-electron chi connectivity index (χ2n) is 26.3. The summed E-state index contributed by atoms with van der Waals surface area (Å²) in [5.74, 6) is 0.888. The van der Waals surface area contributed by atoms with E-state index in [0.29, 0.717) is 96.1 Å². The summed E-state index contributed by atoms with van der Waals surface area (Å²) in [4.78, 5) is 4.68. The van der Waals surface area contributed by atoms with Gasteiger partial charge in [0.15, 0.2) is 17.5 Å². The lowest BCUT2D eigenvalue weighted by Gasteiger charge is -2.43. The number of ether oxygens (including phenoxy) is 5. The number of nitrogens with one attached hydrogen (secondary N) is 13. The average molecular weight is 1240 g/mol.